The van der Waals surface area contributed by atoms with Crippen molar-refractivity contribution in [3.63, 3.8) is 0 Å². The van der Waals surface area contributed by atoms with Crippen LogP contribution in [0, 0.1) is 0 Å². The molecule has 1 amide bonds. The van der Waals surface area contributed by atoms with Gasteiger partial charge in [-0.05, 0) is 54.6 Å². The quantitative estimate of drug-likeness (QED) is 0.175. The molecule has 40 heavy (non-hydrogen) atoms. The maximum Gasteiger partial charge on any atom is 1.00 e. The molecule has 202 valence electrons. The largest absolute Gasteiger partial charge is 1.00 e. The molecule has 0 aliphatic carbocycles. The number of ether oxygens (including phenoxy) is 1. The van der Waals surface area contributed by atoms with Crippen molar-refractivity contribution < 1.29 is 57.2 Å². The Labute approximate surface area is 263 Å². The summed E-state index contributed by atoms with van der Waals surface area (Å²) >= 11 is 12.3. The van der Waals surface area contributed by atoms with Crippen LogP contribution in [0.1, 0.15) is 29.8 Å². The number of fused-ring (bicyclic) bond motifs is 1. The standard InChI is InChI=1S/C27H23Cl2N3O6S.Na/c1-3-15-12-17(14-22(23(15)29)39(35,36)37)31-32-24-18-9-6-5-8-16(18)13-19(25(24)33)27(34)30-21-11-7-10-20(28)26(21)38-4-2;/h5-14,33H,3-4H2,1-2H3,(H,30,34)(H,35,36,37);/q;+1/p-1. The molecule has 0 aliphatic heterocycles. The summed E-state index contributed by atoms with van der Waals surface area (Å²) in [6.07, 6.45) is 0.351. The first-order valence-corrected chi connectivity index (χ1v) is 13.9. The summed E-state index contributed by atoms with van der Waals surface area (Å²) in [4.78, 5) is 12.7. The minimum atomic E-state index is -4.64. The number of rotatable bonds is 8. The second kappa shape index (κ2) is 13.3. The van der Waals surface area contributed by atoms with Gasteiger partial charge in [0.25, 0.3) is 16.0 Å². The zero-order chi connectivity index (χ0) is 28.3. The van der Waals surface area contributed by atoms with E-state index in [9.17, 15) is 22.9 Å². The van der Waals surface area contributed by atoms with E-state index in [1.165, 1.54) is 12.1 Å². The average molecular weight is 610 g/mol. The van der Waals surface area contributed by atoms with Crippen molar-refractivity contribution in [2.75, 3.05) is 11.9 Å². The second-order valence-electron chi connectivity index (χ2n) is 8.27. The molecule has 13 heteroatoms. The number of aryl methyl sites for hydroxylation is 1. The van der Waals surface area contributed by atoms with Crippen molar-refractivity contribution in [3.05, 3.63) is 81.8 Å². The number of amides is 1. The van der Waals surface area contributed by atoms with E-state index in [-0.39, 0.29) is 63.0 Å². The van der Waals surface area contributed by atoms with Crippen LogP contribution in [0.4, 0.5) is 17.1 Å². The van der Waals surface area contributed by atoms with E-state index in [2.05, 4.69) is 15.5 Å². The van der Waals surface area contributed by atoms with Crippen molar-refractivity contribution in [1.82, 2.24) is 0 Å². The van der Waals surface area contributed by atoms with Crippen molar-refractivity contribution >= 4 is 67.1 Å². The fraction of sp³-hybridized carbons (Fsp3) is 0.148. The second-order valence-corrected chi connectivity index (χ2v) is 10.4. The summed E-state index contributed by atoms with van der Waals surface area (Å²) in [7, 11) is -4.64. The smallest absolute Gasteiger partial charge is 0.870 e. The Morgan fingerprint density at radius 1 is 1.05 bits per heavy atom. The van der Waals surface area contributed by atoms with Crippen LogP contribution >= 0.6 is 23.2 Å². The van der Waals surface area contributed by atoms with Gasteiger partial charge in [-0.25, -0.2) is 0 Å². The minimum Gasteiger partial charge on any atom is -0.870 e. The number of hydrogen-bond donors (Lipinski definition) is 2. The number of carbonyl (C=O) groups excluding carboxylic acids is 1. The third kappa shape index (κ3) is 6.77. The molecule has 2 N–H and O–H groups in total. The van der Waals surface area contributed by atoms with Gasteiger partial charge in [0.15, 0.2) is 5.75 Å². The Morgan fingerprint density at radius 3 is 2.45 bits per heavy atom. The Kier molecular flexibility index (Phi) is 10.6. The van der Waals surface area contributed by atoms with Gasteiger partial charge in [-0.2, -0.15) is 18.6 Å². The summed E-state index contributed by atoms with van der Waals surface area (Å²) in [6, 6.07) is 15.7. The molecule has 0 bridgehead atoms. The van der Waals surface area contributed by atoms with Crippen LogP contribution in [0.25, 0.3) is 10.8 Å². The fourth-order valence-corrected chi connectivity index (χ4v) is 5.31. The van der Waals surface area contributed by atoms with E-state index >= 15 is 0 Å². The van der Waals surface area contributed by atoms with Crippen molar-refractivity contribution in [1.29, 1.82) is 0 Å². The number of benzene rings is 4. The van der Waals surface area contributed by atoms with Gasteiger partial charge in [0, 0.05) is 10.9 Å². The molecule has 0 atom stereocenters. The summed E-state index contributed by atoms with van der Waals surface area (Å²) in [6.45, 7) is 3.83. The molecule has 0 saturated carbocycles. The zero-order valence-electron chi connectivity index (χ0n) is 21.7. The maximum absolute atomic E-state index is 13.5. The summed E-state index contributed by atoms with van der Waals surface area (Å²) in [5.74, 6) is -1.14. The number of carbonyl (C=O) groups is 1. The van der Waals surface area contributed by atoms with Gasteiger partial charge in [-0.15, -0.1) is 0 Å². The van der Waals surface area contributed by atoms with Gasteiger partial charge in [-0.1, -0.05) is 66.2 Å². The van der Waals surface area contributed by atoms with E-state index < -0.39 is 26.7 Å². The first kappa shape index (κ1) is 31.8. The van der Waals surface area contributed by atoms with Crippen LogP contribution in [-0.2, 0) is 16.5 Å². The van der Waals surface area contributed by atoms with Crippen LogP contribution in [0.3, 0.4) is 0 Å². The molecule has 0 unspecified atom stereocenters. The predicted molar refractivity (Wildman–Crippen MR) is 149 cm³/mol. The van der Waals surface area contributed by atoms with Gasteiger partial charge in [-0.3, -0.25) is 9.35 Å². The van der Waals surface area contributed by atoms with Crippen molar-refractivity contribution in [2.45, 2.75) is 25.2 Å². The Bertz CT molecular complexity index is 1730. The van der Waals surface area contributed by atoms with Crippen LogP contribution in [0.15, 0.2) is 75.8 Å². The number of nitrogens with zero attached hydrogens (tertiary/aromatic N) is 2. The van der Waals surface area contributed by atoms with Crippen LogP contribution in [0.2, 0.25) is 10.0 Å². The molecule has 0 fully saturated rings. The Morgan fingerprint density at radius 2 is 1.77 bits per heavy atom. The molecule has 4 aromatic carbocycles. The first-order chi connectivity index (χ1) is 18.5. The monoisotopic (exact) mass is 609 g/mol. The summed E-state index contributed by atoms with van der Waals surface area (Å²) in [5, 5.41) is 25.5. The van der Waals surface area contributed by atoms with Crippen molar-refractivity contribution in [2.24, 2.45) is 10.2 Å². The van der Waals surface area contributed by atoms with Crippen LogP contribution in [0.5, 0.6) is 11.5 Å². The van der Waals surface area contributed by atoms with E-state index in [0.717, 1.165) is 6.07 Å². The molecule has 9 nitrogen and oxygen atoms in total. The maximum atomic E-state index is 13.5. The predicted octanol–water partition coefficient (Wildman–Crippen LogP) is 4.10. The third-order valence-electron chi connectivity index (χ3n) is 5.75. The van der Waals surface area contributed by atoms with E-state index in [4.69, 9.17) is 27.9 Å². The fourth-order valence-electron chi connectivity index (χ4n) is 3.92. The van der Waals surface area contributed by atoms with E-state index in [1.807, 2.05) is 0 Å². The molecule has 0 heterocycles. The molecule has 0 aliphatic rings. The van der Waals surface area contributed by atoms with Gasteiger partial charge in [0.2, 0.25) is 0 Å². The Hall–Kier alpha value is -2.70. The third-order valence-corrected chi connectivity index (χ3v) is 7.48. The number of halogens is 2. The Balaban J connectivity index is 0.00000441. The first-order valence-electron chi connectivity index (χ1n) is 11.7. The van der Waals surface area contributed by atoms with Crippen molar-refractivity contribution in [3.8, 4) is 11.5 Å². The number of nitrogens with one attached hydrogen (secondary N) is 1. The van der Waals surface area contributed by atoms with Crippen LogP contribution < -0.4 is 44.7 Å². The molecular formula is C27H22Cl2N3NaO6S. The molecule has 4 rings (SSSR count). The van der Waals surface area contributed by atoms with Gasteiger partial charge < -0.3 is 15.2 Å². The number of anilines is 1. The topological polar surface area (TPSA) is 140 Å². The van der Waals surface area contributed by atoms with Gasteiger partial charge >= 0.3 is 29.6 Å². The SMILES string of the molecule is CCOc1c(Cl)cccc1NC(=O)c1cc2ccccc2c(N=Nc2cc(CC)c(Cl)c(S(=O)(=O)O)c2)c1[O-].[Na+]. The summed E-state index contributed by atoms with van der Waals surface area (Å²) < 4.78 is 38.8. The number of para-hydroxylation sites is 1. The molecule has 4 aromatic rings. The molecule has 0 radical (unpaired) electrons. The number of azo groups is 1. The van der Waals surface area contributed by atoms with E-state index in [0.29, 0.717) is 34.4 Å². The zero-order valence-corrected chi connectivity index (χ0v) is 26.1. The van der Waals surface area contributed by atoms with Gasteiger partial charge in [0.05, 0.1) is 33.7 Å². The summed E-state index contributed by atoms with van der Waals surface area (Å²) in [5.41, 5.74) is 0.413. The minimum absolute atomic E-state index is 0. The molecule has 0 spiro atoms. The van der Waals surface area contributed by atoms with Gasteiger partial charge in [0.1, 0.15) is 4.90 Å². The molecular weight excluding hydrogens is 588 g/mol. The molecule has 0 saturated heterocycles. The normalized spacial score (nSPS) is 11.4. The molecule has 0 aromatic heterocycles. The van der Waals surface area contributed by atoms with E-state index in [1.54, 1.807) is 56.3 Å². The average Bonchev–Trinajstić information content (AvgIpc) is 2.89. The number of hydrogen-bond acceptors (Lipinski definition) is 7. The van der Waals surface area contributed by atoms with Crippen LogP contribution in [-0.4, -0.2) is 25.5 Å².